The number of nitrogens with zero attached hydrogens (tertiary/aromatic N) is 1. The number of hydrogen-bond acceptors (Lipinski definition) is 4. The van der Waals surface area contributed by atoms with E-state index in [0.717, 1.165) is 12.1 Å². The van der Waals surface area contributed by atoms with Crippen molar-refractivity contribution in [3.8, 4) is 0 Å². The highest BCUT2D eigenvalue weighted by atomic mass is 16.1. The first-order valence-corrected chi connectivity index (χ1v) is 7.21. The number of pyridine rings is 1. The Kier molecular flexibility index (Phi) is 3.83. The van der Waals surface area contributed by atoms with E-state index in [9.17, 15) is 9.59 Å². The maximum Gasteiger partial charge on any atom is 0.211 e. The van der Waals surface area contributed by atoms with Crippen molar-refractivity contribution < 1.29 is 9.59 Å². The predicted octanol–water partition coefficient (Wildman–Crippen LogP) is 2.49. The molecule has 0 spiro atoms. The number of allylic oxidation sites excluding steroid dienone is 2. The first-order chi connectivity index (χ1) is 10.6. The molecule has 2 aromatic rings. The van der Waals surface area contributed by atoms with Gasteiger partial charge in [0.15, 0.2) is 0 Å². The first-order valence-electron chi connectivity index (χ1n) is 7.21. The minimum atomic E-state index is -0.222. The van der Waals surface area contributed by atoms with Crippen LogP contribution in [0, 0.1) is 6.92 Å². The standard InChI is InChI=1S/C18H16N2O2/c1-12-7-8-14-17(20-12)16(21)11-15(18(14)22)19-10-9-13-5-3-2-4-6-13/h2-8,11,19H,9-10H2,1H3. The lowest BCUT2D eigenvalue weighted by Gasteiger charge is -2.16. The van der Waals surface area contributed by atoms with Crippen LogP contribution in [0.4, 0.5) is 0 Å². The number of fused-ring (bicyclic) bond motifs is 1. The van der Waals surface area contributed by atoms with Crippen LogP contribution < -0.4 is 5.32 Å². The lowest BCUT2D eigenvalue weighted by Crippen LogP contribution is -2.29. The number of Topliss-reactive ketones (excluding diaryl/α,β-unsaturated/α-hetero) is 1. The molecule has 0 unspecified atom stereocenters. The zero-order chi connectivity index (χ0) is 15.5. The van der Waals surface area contributed by atoms with Crippen molar-refractivity contribution in [2.45, 2.75) is 13.3 Å². The highest BCUT2D eigenvalue weighted by Crippen LogP contribution is 2.18. The smallest absolute Gasteiger partial charge is 0.211 e. The van der Waals surface area contributed by atoms with E-state index in [0.29, 0.717) is 17.8 Å². The van der Waals surface area contributed by atoms with E-state index in [-0.39, 0.29) is 17.3 Å². The van der Waals surface area contributed by atoms with Crippen LogP contribution in [0.2, 0.25) is 0 Å². The SMILES string of the molecule is Cc1ccc2c(n1)C(=O)C=C(NCCc1ccccc1)C2=O. The summed E-state index contributed by atoms with van der Waals surface area (Å²) in [6.07, 6.45) is 2.14. The topological polar surface area (TPSA) is 59.1 Å². The van der Waals surface area contributed by atoms with Gasteiger partial charge in [0, 0.05) is 18.3 Å². The van der Waals surface area contributed by atoms with Crippen LogP contribution in [0.25, 0.3) is 0 Å². The number of carbonyl (C=O) groups is 2. The van der Waals surface area contributed by atoms with Crippen LogP contribution >= 0.6 is 0 Å². The van der Waals surface area contributed by atoms with Crippen molar-refractivity contribution in [2.24, 2.45) is 0 Å². The van der Waals surface area contributed by atoms with E-state index in [1.807, 2.05) is 30.3 Å². The average Bonchev–Trinajstić information content (AvgIpc) is 2.53. The third-order valence-electron chi connectivity index (χ3n) is 3.60. The van der Waals surface area contributed by atoms with Gasteiger partial charge in [-0.15, -0.1) is 0 Å². The van der Waals surface area contributed by atoms with Gasteiger partial charge in [-0.25, -0.2) is 4.98 Å². The molecule has 0 fully saturated rings. The van der Waals surface area contributed by atoms with Crippen LogP contribution in [0.3, 0.4) is 0 Å². The Hall–Kier alpha value is -2.75. The summed E-state index contributed by atoms with van der Waals surface area (Å²) in [7, 11) is 0. The van der Waals surface area contributed by atoms with Crippen LogP contribution in [0.15, 0.2) is 54.2 Å². The molecule has 1 aliphatic rings. The molecule has 0 amide bonds. The second-order valence-corrected chi connectivity index (χ2v) is 5.26. The fourth-order valence-electron chi connectivity index (χ4n) is 2.46. The van der Waals surface area contributed by atoms with E-state index in [1.165, 1.54) is 11.6 Å². The molecular formula is C18H16N2O2. The number of hydrogen-bond donors (Lipinski definition) is 1. The molecule has 1 heterocycles. The van der Waals surface area contributed by atoms with Crippen molar-refractivity contribution >= 4 is 11.6 Å². The van der Waals surface area contributed by atoms with Gasteiger partial charge in [-0.05, 0) is 31.0 Å². The summed E-state index contributed by atoms with van der Waals surface area (Å²) in [5.74, 6) is -0.393. The summed E-state index contributed by atoms with van der Waals surface area (Å²) in [5.41, 5.74) is 2.88. The largest absolute Gasteiger partial charge is 0.381 e. The first kappa shape index (κ1) is 14.2. The molecule has 4 nitrogen and oxygen atoms in total. The summed E-state index contributed by atoms with van der Waals surface area (Å²) in [4.78, 5) is 28.7. The van der Waals surface area contributed by atoms with Crippen molar-refractivity contribution in [3.63, 3.8) is 0 Å². The van der Waals surface area contributed by atoms with Gasteiger partial charge in [0.05, 0.1) is 11.3 Å². The minimum Gasteiger partial charge on any atom is -0.381 e. The van der Waals surface area contributed by atoms with E-state index in [1.54, 1.807) is 19.1 Å². The quantitative estimate of drug-likeness (QED) is 0.940. The molecule has 4 heteroatoms. The second kappa shape index (κ2) is 5.93. The van der Waals surface area contributed by atoms with Gasteiger partial charge in [0.1, 0.15) is 5.69 Å². The molecule has 0 saturated heterocycles. The molecule has 1 aliphatic carbocycles. The number of rotatable bonds is 4. The summed E-state index contributed by atoms with van der Waals surface area (Å²) >= 11 is 0. The summed E-state index contributed by atoms with van der Waals surface area (Å²) < 4.78 is 0. The van der Waals surface area contributed by atoms with Crippen LogP contribution in [-0.2, 0) is 6.42 Å². The van der Waals surface area contributed by atoms with Gasteiger partial charge in [0.2, 0.25) is 11.6 Å². The molecule has 1 aromatic heterocycles. The molecule has 22 heavy (non-hydrogen) atoms. The molecule has 0 saturated carbocycles. The zero-order valence-corrected chi connectivity index (χ0v) is 12.3. The van der Waals surface area contributed by atoms with Crippen LogP contribution in [0.5, 0.6) is 0 Å². The fourth-order valence-corrected chi connectivity index (χ4v) is 2.46. The van der Waals surface area contributed by atoms with Gasteiger partial charge in [0.25, 0.3) is 0 Å². The van der Waals surface area contributed by atoms with Gasteiger partial charge >= 0.3 is 0 Å². The number of benzene rings is 1. The molecule has 0 atom stereocenters. The summed E-state index contributed by atoms with van der Waals surface area (Å²) in [6.45, 7) is 2.40. The Morgan fingerprint density at radius 2 is 1.82 bits per heavy atom. The molecule has 0 aliphatic heterocycles. The maximum atomic E-state index is 12.4. The fraction of sp³-hybridized carbons (Fsp3) is 0.167. The van der Waals surface area contributed by atoms with Gasteiger partial charge < -0.3 is 5.32 Å². The molecule has 0 bridgehead atoms. The molecule has 1 N–H and O–H groups in total. The Labute approximate surface area is 128 Å². The Bertz CT molecular complexity index is 764. The van der Waals surface area contributed by atoms with Crippen LogP contribution in [-0.4, -0.2) is 23.1 Å². The van der Waals surface area contributed by atoms with E-state index < -0.39 is 0 Å². The molecule has 1 aromatic carbocycles. The van der Waals surface area contributed by atoms with Gasteiger partial charge in [-0.3, -0.25) is 9.59 Å². The summed E-state index contributed by atoms with van der Waals surface area (Å²) in [6, 6.07) is 13.4. The molecular weight excluding hydrogens is 276 g/mol. The van der Waals surface area contributed by atoms with Crippen LogP contribution in [0.1, 0.15) is 32.1 Å². The third kappa shape index (κ3) is 2.81. The minimum absolute atomic E-state index is 0.171. The van der Waals surface area contributed by atoms with E-state index in [2.05, 4.69) is 10.3 Å². The number of ketones is 2. The lowest BCUT2D eigenvalue weighted by atomic mass is 9.96. The van der Waals surface area contributed by atoms with Gasteiger partial charge in [-0.1, -0.05) is 30.3 Å². The van der Waals surface area contributed by atoms with Crippen molar-refractivity contribution in [1.29, 1.82) is 0 Å². The monoisotopic (exact) mass is 292 g/mol. The molecule has 0 radical (unpaired) electrons. The lowest BCUT2D eigenvalue weighted by molar-refractivity contribution is 0.0975. The Morgan fingerprint density at radius 3 is 2.59 bits per heavy atom. The normalized spacial score (nSPS) is 13.6. The highest BCUT2D eigenvalue weighted by Gasteiger charge is 2.26. The molecule has 3 rings (SSSR count). The Morgan fingerprint density at radius 1 is 1.05 bits per heavy atom. The zero-order valence-electron chi connectivity index (χ0n) is 12.3. The number of aromatic nitrogens is 1. The predicted molar refractivity (Wildman–Crippen MR) is 83.9 cm³/mol. The van der Waals surface area contributed by atoms with Crippen molar-refractivity contribution in [2.75, 3.05) is 6.54 Å². The molecule has 110 valence electrons. The summed E-state index contributed by atoms with van der Waals surface area (Å²) in [5, 5.41) is 3.07. The second-order valence-electron chi connectivity index (χ2n) is 5.26. The number of nitrogens with one attached hydrogen (secondary N) is 1. The number of aryl methyl sites for hydroxylation is 1. The number of carbonyl (C=O) groups excluding carboxylic acids is 2. The van der Waals surface area contributed by atoms with E-state index in [4.69, 9.17) is 0 Å². The van der Waals surface area contributed by atoms with Gasteiger partial charge in [-0.2, -0.15) is 0 Å². The average molecular weight is 292 g/mol. The maximum absolute atomic E-state index is 12.4. The van der Waals surface area contributed by atoms with Crippen molar-refractivity contribution in [3.05, 3.63) is 76.8 Å². The third-order valence-corrected chi connectivity index (χ3v) is 3.60. The van der Waals surface area contributed by atoms with E-state index >= 15 is 0 Å². The highest BCUT2D eigenvalue weighted by molar-refractivity contribution is 6.23. The Balaban J connectivity index is 1.72. The van der Waals surface area contributed by atoms with Crippen molar-refractivity contribution in [1.82, 2.24) is 10.3 Å².